The van der Waals surface area contributed by atoms with E-state index in [2.05, 4.69) is 11.5 Å². The van der Waals surface area contributed by atoms with E-state index < -0.39 is 0 Å². The lowest BCUT2D eigenvalue weighted by Gasteiger charge is -2.33. The molecule has 0 spiro atoms. The van der Waals surface area contributed by atoms with Crippen LogP contribution in [0.25, 0.3) is 0 Å². The van der Waals surface area contributed by atoms with Gasteiger partial charge in [0.2, 0.25) is 5.91 Å². The van der Waals surface area contributed by atoms with Crippen molar-refractivity contribution in [3.63, 3.8) is 0 Å². The van der Waals surface area contributed by atoms with Crippen molar-refractivity contribution in [2.45, 2.75) is 26.7 Å². The average Bonchev–Trinajstić information content (AvgIpc) is 2.59. The molecule has 1 aromatic rings. The van der Waals surface area contributed by atoms with E-state index in [1.807, 2.05) is 49.1 Å². The number of carbonyl (C=O) groups excluding carboxylic acids is 1. The lowest BCUT2D eigenvalue weighted by atomic mass is 9.99. The Bertz CT molecular complexity index is 530. The van der Waals surface area contributed by atoms with Crippen molar-refractivity contribution in [3.8, 4) is 5.75 Å². The number of para-hydroxylation sites is 1. The predicted molar refractivity (Wildman–Crippen MR) is 98.2 cm³/mol. The summed E-state index contributed by atoms with van der Waals surface area (Å²) in [6, 6.07) is 9.94. The van der Waals surface area contributed by atoms with Gasteiger partial charge in [-0.1, -0.05) is 30.4 Å². The van der Waals surface area contributed by atoms with Gasteiger partial charge in [0.25, 0.3) is 0 Å². The fraction of sp³-hybridized carbons (Fsp3) is 0.550. The first-order chi connectivity index (χ1) is 11.6. The summed E-state index contributed by atoms with van der Waals surface area (Å²) in [6.07, 6.45) is 2.30. The fourth-order valence-electron chi connectivity index (χ4n) is 3.16. The quantitative estimate of drug-likeness (QED) is 0.686. The third kappa shape index (κ3) is 6.00. The zero-order chi connectivity index (χ0) is 17.4. The first-order valence-electron chi connectivity index (χ1n) is 8.90. The van der Waals surface area contributed by atoms with Crippen LogP contribution in [0.1, 0.15) is 26.7 Å². The predicted octanol–water partition coefficient (Wildman–Crippen LogP) is 3.20. The smallest absolute Gasteiger partial charge is 0.237 e. The Morgan fingerprint density at radius 3 is 2.79 bits per heavy atom. The second kappa shape index (κ2) is 9.48. The van der Waals surface area contributed by atoms with Crippen LogP contribution >= 0.6 is 0 Å². The molecule has 1 saturated heterocycles. The molecular weight excluding hydrogens is 300 g/mol. The van der Waals surface area contributed by atoms with Crippen molar-refractivity contribution in [2.24, 2.45) is 5.92 Å². The molecule has 1 unspecified atom stereocenters. The van der Waals surface area contributed by atoms with Crippen LogP contribution in [-0.2, 0) is 4.79 Å². The van der Waals surface area contributed by atoms with Gasteiger partial charge in [-0.05, 0) is 45.4 Å². The Morgan fingerprint density at radius 1 is 1.38 bits per heavy atom. The van der Waals surface area contributed by atoms with Gasteiger partial charge in [0.05, 0.1) is 13.2 Å². The van der Waals surface area contributed by atoms with Gasteiger partial charge in [0.15, 0.2) is 0 Å². The van der Waals surface area contributed by atoms with Crippen LogP contribution < -0.4 is 4.74 Å². The summed E-state index contributed by atoms with van der Waals surface area (Å²) >= 11 is 0. The fourth-order valence-corrected chi connectivity index (χ4v) is 3.16. The minimum Gasteiger partial charge on any atom is -0.493 e. The van der Waals surface area contributed by atoms with Gasteiger partial charge in [-0.15, -0.1) is 0 Å². The zero-order valence-corrected chi connectivity index (χ0v) is 15.0. The van der Waals surface area contributed by atoms with Crippen molar-refractivity contribution in [2.75, 3.05) is 39.3 Å². The number of likely N-dealkylation sites (tertiary alicyclic amines) is 1. The van der Waals surface area contributed by atoms with Crippen molar-refractivity contribution in [1.82, 2.24) is 9.80 Å². The summed E-state index contributed by atoms with van der Waals surface area (Å²) in [7, 11) is 0. The highest BCUT2D eigenvalue weighted by atomic mass is 16.5. The van der Waals surface area contributed by atoms with Crippen LogP contribution in [0.2, 0.25) is 0 Å². The molecule has 1 amide bonds. The topological polar surface area (TPSA) is 32.8 Å². The first-order valence-corrected chi connectivity index (χ1v) is 8.90. The van der Waals surface area contributed by atoms with Crippen molar-refractivity contribution in [1.29, 1.82) is 0 Å². The summed E-state index contributed by atoms with van der Waals surface area (Å²) in [5.74, 6) is 1.61. The lowest BCUT2D eigenvalue weighted by molar-refractivity contribution is -0.132. The minimum atomic E-state index is 0.199. The highest BCUT2D eigenvalue weighted by molar-refractivity contribution is 5.78. The number of likely N-dealkylation sites (N-methyl/N-ethyl adjacent to an activating group) is 1. The van der Waals surface area contributed by atoms with E-state index in [4.69, 9.17) is 4.74 Å². The highest BCUT2D eigenvalue weighted by Gasteiger charge is 2.23. The molecule has 1 aliphatic heterocycles. The Balaban J connectivity index is 1.79. The monoisotopic (exact) mass is 330 g/mol. The Labute approximate surface area is 146 Å². The van der Waals surface area contributed by atoms with E-state index in [-0.39, 0.29) is 5.91 Å². The maximum atomic E-state index is 12.5. The van der Waals surface area contributed by atoms with Crippen LogP contribution in [0.3, 0.4) is 0 Å². The summed E-state index contributed by atoms with van der Waals surface area (Å²) in [6.45, 7) is 12.4. The van der Waals surface area contributed by atoms with Gasteiger partial charge in [-0.3, -0.25) is 9.69 Å². The second-order valence-corrected chi connectivity index (χ2v) is 6.73. The van der Waals surface area contributed by atoms with E-state index >= 15 is 0 Å². The van der Waals surface area contributed by atoms with Crippen LogP contribution in [-0.4, -0.2) is 55.0 Å². The van der Waals surface area contributed by atoms with Crippen LogP contribution in [0.15, 0.2) is 42.5 Å². The Kier molecular flexibility index (Phi) is 7.32. The van der Waals surface area contributed by atoms with Gasteiger partial charge < -0.3 is 9.64 Å². The number of nitrogens with zero attached hydrogens (tertiary/aromatic N) is 2. The number of amides is 1. The normalized spacial score (nSPS) is 18.2. The second-order valence-electron chi connectivity index (χ2n) is 6.73. The molecule has 1 aliphatic rings. The van der Waals surface area contributed by atoms with E-state index in [1.54, 1.807) is 0 Å². The van der Waals surface area contributed by atoms with Gasteiger partial charge in [0, 0.05) is 25.6 Å². The first kappa shape index (κ1) is 18.5. The van der Waals surface area contributed by atoms with E-state index in [0.717, 1.165) is 44.0 Å². The third-order valence-electron chi connectivity index (χ3n) is 4.39. The van der Waals surface area contributed by atoms with E-state index in [0.29, 0.717) is 19.0 Å². The molecule has 1 heterocycles. The maximum absolute atomic E-state index is 12.5. The number of rotatable bonds is 8. The van der Waals surface area contributed by atoms with E-state index in [1.165, 1.54) is 6.42 Å². The van der Waals surface area contributed by atoms with Gasteiger partial charge in [-0.25, -0.2) is 0 Å². The molecule has 4 heteroatoms. The molecule has 0 saturated carbocycles. The molecule has 0 N–H and O–H groups in total. The van der Waals surface area contributed by atoms with Crippen LogP contribution in [0.4, 0.5) is 0 Å². The number of hydrogen-bond donors (Lipinski definition) is 0. The molecule has 4 nitrogen and oxygen atoms in total. The van der Waals surface area contributed by atoms with Crippen LogP contribution in [0.5, 0.6) is 5.75 Å². The van der Waals surface area contributed by atoms with Crippen LogP contribution in [0, 0.1) is 5.92 Å². The molecule has 2 rings (SSSR count). The molecule has 1 aromatic carbocycles. The summed E-state index contributed by atoms with van der Waals surface area (Å²) in [4.78, 5) is 16.6. The molecule has 1 fully saturated rings. The van der Waals surface area contributed by atoms with E-state index in [9.17, 15) is 4.79 Å². The lowest BCUT2D eigenvalue weighted by Crippen LogP contribution is -2.45. The van der Waals surface area contributed by atoms with Gasteiger partial charge in [-0.2, -0.15) is 0 Å². The maximum Gasteiger partial charge on any atom is 0.237 e. The summed E-state index contributed by atoms with van der Waals surface area (Å²) < 4.78 is 5.89. The zero-order valence-electron chi connectivity index (χ0n) is 15.0. The van der Waals surface area contributed by atoms with Gasteiger partial charge >= 0.3 is 0 Å². The summed E-state index contributed by atoms with van der Waals surface area (Å²) in [5, 5.41) is 0. The molecule has 0 aromatic heterocycles. The number of carbonyl (C=O) groups is 1. The van der Waals surface area contributed by atoms with Crippen molar-refractivity contribution in [3.05, 3.63) is 42.5 Å². The van der Waals surface area contributed by atoms with Crippen molar-refractivity contribution < 1.29 is 9.53 Å². The number of piperidine rings is 1. The molecule has 0 bridgehead atoms. The molecule has 1 atom stereocenters. The summed E-state index contributed by atoms with van der Waals surface area (Å²) in [5.41, 5.74) is 1.03. The SMILES string of the molecule is C=C(C)CN(CC)C(=O)CN1CCCC(COc2ccccc2)C1. The Morgan fingerprint density at radius 2 is 2.12 bits per heavy atom. The highest BCUT2D eigenvalue weighted by Crippen LogP contribution is 2.18. The molecule has 24 heavy (non-hydrogen) atoms. The minimum absolute atomic E-state index is 0.199. The number of benzene rings is 1. The molecular formula is C20H30N2O2. The third-order valence-corrected chi connectivity index (χ3v) is 4.39. The molecule has 0 radical (unpaired) electrons. The Hall–Kier alpha value is -1.81. The van der Waals surface area contributed by atoms with Gasteiger partial charge in [0.1, 0.15) is 5.75 Å². The van der Waals surface area contributed by atoms with Crippen molar-refractivity contribution >= 4 is 5.91 Å². The largest absolute Gasteiger partial charge is 0.493 e. The number of ether oxygens (including phenoxy) is 1. The number of hydrogen-bond acceptors (Lipinski definition) is 3. The molecule has 0 aliphatic carbocycles. The average molecular weight is 330 g/mol. The standard InChI is InChI=1S/C20H30N2O2/c1-4-22(13-17(2)3)20(23)15-21-12-8-9-18(14-21)16-24-19-10-6-5-7-11-19/h5-7,10-11,18H,2,4,8-9,12-16H2,1,3H3. The molecule has 132 valence electrons.